The van der Waals surface area contributed by atoms with Crippen molar-refractivity contribution in [1.82, 2.24) is 5.32 Å². The van der Waals surface area contributed by atoms with Gasteiger partial charge in [0.15, 0.2) is 0 Å². The topological polar surface area (TPSA) is 38.3 Å². The predicted molar refractivity (Wildman–Crippen MR) is 71.4 cm³/mol. The number of hydrogen-bond acceptors (Lipinski definition) is 2. The highest BCUT2D eigenvalue weighted by molar-refractivity contribution is 5.82. The van der Waals surface area contributed by atoms with Gasteiger partial charge in [-0.2, -0.15) is 13.2 Å². The Kier molecular flexibility index (Phi) is 5.01. The third-order valence-electron chi connectivity index (χ3n) is 3.20. The molecular formula is C15H16F3NO2. The number of carbonyl (C=O) groups is 1. The minimum absolute atomic E-state index is 0.135. The summed E-state index contributed by atoms with van der Waals surface area (Å²) in [6.07, 6.45) is -0.709. The van der Waals surface area contributed by atoms with Crippen LogP contribution in [0.25, 0.3) is 0 Å². The second-order valence-electron chi connectivity index (χ2n) is 4.88. The summed E-state index contributed by atoms with van der Waals surface area (Å²) in [5, 5.41) is 1.95. The normalized spacial score (nSPS) is 22.0. The van der Waals surface area contributed by atoms with Gasteiger partial charge in [-0.1, -0.05) is 42.5 Å². The maximum atomic E-state index is 12.1. The highest BCUT2D eigenvalue weighted by atomic mass is 19.4. The van der Waals surface area contributed by atoms with E-state index in [1.54, 1.807) is 12.2 Å². The van der Waals surface area contributed by atoms with Gasteiger partial charge < -0.3 is 10.1 Å². The minimum Gasteiger partial charge on any atom is -0.369 e. The molecule has 1 N–H and O–H groups in total. The average molecular weight is 299 g/mol. The number of benzene rings is 1. The van der Waals surface area contributed by atoms with Crippen LogP contribution in [0.15, 0.2) is 42.5 Å². The Bertz CT molecular complexity index is 499. The molecule has 6 heteroatoms. The first-order valence-electron chi connectivity index (χ1n) is 6.66. The van der Waals surface area contributed by atoms with Crippen LogP contribution in [0, 0.1) is 0 Å². The van der Waals surface area contributed by atoms with Crippen LogP contribution in [-0.4, -0.2) is 24.2 Å². The number of hydrogen-bond donors (Lipinski definition) is 1. The van der Waals surface area contributed by atoms with Crippen molar-refractivity contribution < 1.29 is 22.7 Å². The molecule has 1 aromatic rings. The molecule has 0 spiro atoms. The summed E-state index contributed by atoms with van der Waals surface area (Å²) in [6, 6.07) is 9.04. The first kappa shape index (κ1) is 15.6. The fourth-order valence-electron chi connectivity index (χ4n) is 2.08. The SMILES string of the molecule is O=C(NC1C=CC(OCc2ccccc2)CC1)C(F)(F)F. The Morgan fingerprint density at radius 1 is 1.19 bits per heavy atom. The Labute approximate surface area is 120 Å². The summed E-state index contributed by atoms with van der Waals surface area (Å²) >= 11 is 0. The molecule has 1 aromatic carbocycles. The van der Waals surface area contributed by atoms with Crippen LogP contribution in [-0.2, 0) is 16.1 Å². The quantitative estimate of drug-likeness (QED) is 0.868. The number of carbonyl (C=O) groups excluding carboxylic acids is 1. The molecule has 0 saturated carbocycles. The molecular weight excluding hydrogens is 283 g/mol. The third kappa shape index (κ3) is 4.90. The lowest BCUT2D eigenvalue weighted by Crippen LogP contribution is -2.43. The van der Waals surface area contributed by atoms with Gasteiger partial charge in [0, 0.05) is 6.04 Å². The van der Waals surface area contributed by atoms with E-state index in [0.717, 1.165) is 5.56 Å². The van der Waals surface area contributed by atoms with Gasteiger partial charge in [-0.05, 0) is 18.4 Å². The van der Waals surface area contributed by atoms with Gasteiger partial charge in [-0.15, -0.1) is 0 Å². The molecule has 0 bridgehead atoms. The molecule has 0 aromatic heterocycles. The molecule has 2 atom stereocenters. The molecule has 1 aliphatic rings. The number of alkyl halides is 3. The van der Waals surface area contributed by atoms with Crippen molar-refractivity contribution in [3.63, 3.8) is 0 Å². The van der Waals surface area contributed by atoms with Crippen LogP contribution in [0.3, 0.4) is 0 Å². The fourth-order valence-corrected chi connectivity index (χ4v) is 2.08. The lowest BCUT2D eigenvalue weighted by Gasteiger charge is -2.24. The standard InChI is InChI=1S/C15H16F3NO2/c16-15(17,18)14(20)19-12-6-8-13(9-7-12)21-10-11-4-2-1-3-5-11/h1-6,8,12-13H,7,9-10H2,(H,19,20). The second-order valence-corrected chi connectivity index (χ2v) is 4.88. The number of ether oxygens (including phenoxy) is 1. The summed E-state index contributed by atoms with van der Waals surface area (Å²) < 4.78 is 42.1. The third-order valence-corrected chi connectivity index (χ3v) is 3.20. The molecule has 21 heavy (non-hydrogen) atoms. The van der Waals surface area contributed by atoms with Gasteiger partial charge >= 0.3 is 12.1 Å². The lowest BCUT2D eigenvalue weighted by molar-refractivity contribution is -0.174. The van der Waals surface area contributed by atoms with Crippen molar-refractivity contribution in [1.29, 1.82) is 0 Å². The van der Waals surface area contributed by atoms with Crippen LogP contribution < -0.4 is 5.32 Å². The average Bonchev–Trinajstić information content (AvgIpc) is 2.46. The summed E-state index contributed by atoms with van der Waals surface area (Å²) in [5.41, 5.74) is 1.04. The van der Waals surface area contributed by atoms with E-state index in [-0.39, 0.29) is 6.10 Å². The molecule has 2 rings (SSSR count). The summed E-state index contributed by atoms with van der Waals surface area (Å²) in [7, 11) is 0. The second kappa shape index (κ2) is 6.76. The zero-order valence-electron chi connectivity index (χ0n) is 11.3. The van der Waals surface area contributed by atoms with Crippen molar-refractivity contribution in [2.24, 2.45) is 0 Å². The van der Waals surface area contributed by atoms with Gasteiger partial charge in [0.1, 0.15) is 0 Å². The molecule has 1 aliphatic carbocycles. The maximum absolute atomic E-state index is 12.1. The van der Waals surface area contributed by atoms with Crippen molar-refractivity contribution in [2.45, 2.75) is 37.8 Å². The van der Waals surface area contributed by atoms with Gasteiger partial charge in [0.05, 0.1) is 12.7 Å². The molecule has 3 nitrogen and oxygen atoms in total. The Balaban J connectivity index is 1.78. The monoisotopic (exact) mass is 299 g/mol. The summed E-state index contributed by atoms with van der Waals surface area (Å²) in [5.74, 6) is -1.90. The molecule has 0 heterocycles. The van der Waals surface area contributed by atoms with Gasteiger partial charge in [-0.3, -0.25) is 4.79 Å². The first-order chi connectivity index (χ1) is 9.95. The van der Waals surface area contributed by atoms with Crippen LogP contribution >= 0.6 is 0 Å². The van der Waals surface area contributed by atoms with Crippen molar-refractivity contribution in [3.05, 3.63) is 48.0 Å². The molecule has 0 radical (unpaired) electrons. The molecule has 114 valence electrons. The molecule has 2 unspecified atom stereocenters. The van der Waals surface area contributed by atoms with Crippen LogP contribution in [0.1, 0.15) is 18.4 Å². The van der Waals surface area contributed by atoms with Crippen molar-refractivity contribution in [2.75, 3.05) is 0 Å². The largest absolute Gasteiger partial charge is 0.471 e. The number of amides is 1. The van der Waals surface area contributed by atoms with E-state index in [0.29, 0.717) is 19.4 Å². The maximum Gasteiger partial charge on any atom is 0.471 e. The lowest BCUT2D eigenvalue weighted by atomic mass is 10.0. The zero-order chi connectivity index (χ0) is 15.3. The van der Waals surface area contributed by atoms with E-state index in [2.05, 4.69) is 0 Å². The fraction of sp³-hybridized carbons (Fsp3) is 0.400. The van der Waals surface area contributed by atoms with Crippen LogP contribution in [0.5, 0.6) is 0 Å². The van der Waals surface area contributed by atoms with E-state index >= 15 is 0 Å². The molecule has 1 amide bonds. The highest BCUT2D eigenvalue weighted by Gasteiger charge is 2.39. The van der Waals surface area contributed by atoms with Crippen molar-refractivity contribution in [3.8, 4) is 0 Å². The Morgan fingerprint density at radius 3 is 2.48 bits per heavy atom. The minimum atomic E-state index is -4.84. The van der Waals surface area contributed by atoms with E-state index < -0.39 is 18.1 Å². The first-order valence-corrected chi connectivity index (χ1v) is 6.66. The van der Waals surface area contributed by atoms with Gasteiger partial charge in [0.25, 0.3) is 0 Å². The van der Waals surface area contributed by atoms with E-state index in [1.807, 2.05) is 35.6 Å². The van der Waals surface area contributed by atoms with Crippen LogP contribution in [0.4, 0.5) is 13.2 Å². The summed E-state index contributed by atoms with van der Waals surface area (Å²) in [4.78, 5) is 10.8. The molecule has 0 aliphatic heterocycles. The van der Waals surface area contributed by atoms with E-state index in [4.69, 9.17) is 4.74 Å². The van der Waals surface area contributed by atoms with Crippen LogP contribution in [0.2, 0.25) is 0 Å². The van der Waals surface area contributed by atoms with E-state index in [9.17, 15) is 18.0 Å². The predicted octanol–water partition coefficient (Wildman–Crippen LogP) is 2.97. The number of nitrogens with one attached hydrogen (secondary N) is 1. The summed E-state index contributed by atoms with van der Waals surface area (Å²) in [6.45, 7) is 0.454. The smallest absolute Gasteiger partial charge is 0.369 e. The molecule has 0 fully saturated rings. The van der Waals surface area contributed by atoms with Gasteiger partial charge in [-0.25, -0.2) is 0 Å². The molecule has 0 saturated heterocycles. The zero-order valence-corrected chi connectivity index (χ0v) is 11.3. The van der Waals surface area contributed by atoms with Crippen molar-refractivity contribution >= 4 is 5.91 Å². The van der Waals surface area contributed by atoms with Gasteiger partial charge in [0.2, 0.25) is 0 Å². The van der Waals surface area contributed by atoms with E-state index in [1.165, 1.54) is 0 Å². The Hall–Kier alpha value is -1.82. The highest BCUT2D eigenvalue weighted by Crippen LogP contribution is 2.19. The number of halogens is 3. The number of rotatable bonds is 4. The Morgan fingerprint density at radius 2 is 1.90 bits per heavy atom.